The molecular weight excluding hydrogens is 354 g/mol. The Morgan fingerprint density at radius 2 is 1.75 bits per heavy atom. The van der Waals surface area contributed by atoms with Gasteiger partial charge < -0.3 is 9.30 Å². The number of rotatable bonds is 5. The number of ether oxygens (including phenoxy) is 1. The van der Waals surface area contributed by atoms with Crippen molar-refractivity contribution >= 4 is 22.7 Å². The van der Waals surface area contributed by atoms with Crippen LogP contribution in [0.2, 0.25) is 0 Å². The van der Waals surface area contributed by atoms with E-state index >= 15 is 0 Å². The number of nitrogens with zero attached hydrogens (tertiary/aromatic N) is 3. The van der Waals surface area contributed by atoms with Crippen molar-refractivity contribution in [2.24, 2.45) is 7.05 Å². The fraction of sp³-hybridized carbons (Fsp3) is 0.0909. The van der Waals surface area contributed by atoms with Gasteiger partial charge in [-0.05, 0) is 11.6 Å². The second kappa shape index (κ2) is 7.44. The number of Topliss-reactive ketones (excluding diaryl/α,β-unsaturated/α-hetero) is 1. The Morgan fingerprint density at radius 1 is 1.00 bits per heavy atom. The van der Waals surface area contributed by atoms with Crippen LogP contribution in [0, 0.1) is 0 Å². The number of carbonyl (C=O) groups excluding carboxylic acids is 2. The molecule has 0 spiro atoms. The minimum atomic E-state index is -0.678. The lowest BCUT2D eigenvalue weighted by molar-refractivity contribution is 0.0469. The van der Waals surface area contributed by atoms with Gasteiger partial charge in [-0.2, -0.15) is 0 Å². The van der Waals surface area contributed by atoms with Crippen molar-refractivity contribution in [2.75, 3.05) is 6.61 Å². The molecule has 0 saturated carbocycles. The maximum absolute atomic E-state index is 13.1. The van der Waals surface area contributed by atoms with Gasteiger partial charge in [0.1, 0.15) is 0 Å². The molecule has 2 heterocycles. The summed E-state index contributed by atoms with van der Waals surface area (Å²) in [4.78, 5) is 32.9. The molecule has 0 saturated heterocycles. The highest BCUT2D eigenvalue weighted by Crippen LogP contribution is 2.33. The minimum absolute atomic E-state index is 0.0662. The molecule has 0 aliphatic carbocycles. The number of fused-ring (bicyclic) bond motifs is 1. The highest BCUT2D eigenvalue weighted by Gasteiger charge is 2.23. The van der Waals surface area contributed by atoms with Crippen LogP contribution in [-0.2, 0) is 11.8 Å². The molecule has 4 aromatic rings. The lowest BCUT2D eigenvalue weighted by Gasteiger charge is -2.08. The van der Waals surface area contributed by atoms with E-state index in [9.17, 15) is 9.59 Å². The van der Waals surface area contributed by atoms with E-state index in [1.54, 1.807) is 0 Å². The number of carbonyl (C=O) groups is 2. The summed E-state index contributed by atoms with van der Waals surface area (Å²) in [6.07, 6.45) is 4.17. The van der Waals surface area contributed by atoms with Crippen molar-refractivity contribution in [1.82, 2.24) is 14.5 Å². The number of hydrogen-bond donors (Lipinski definition) is 0. The van der Waals surface area contributed by atoms with Gasteiger partial charge in [-0.15, -0.1) is 0 Å². The SMILES string of the molecule is Cn1c(-c2ccccc2)c(C(=O)COC(=O)c2cnccn2)c2ccccc21. The van der Waals surface area contributed by atoms with Crippen LogP contribution in [0.5, 0.6) is 0 Å². The molecule has 0 atom stereocenters. The molecule has 0 radical (unpaired) electrons. The average Bonchev–Trinajstić information content (AvgIpc) is 3.06. The van der Waals surface area contributed by atoms with Gasteiger partial charge in [0.25, 0.3) is 0 Å². The highest BCUT2D eigenvalue weighted by molar-refractivity contribution is 6.14. The van der Waals surface area contributed by atoms with E-state index in [-0.39, 0.29) is 18.1 Å². The zero-order valence-corrected chi connectivity index (χ0v) is 15.2. The fourth-order valence-corrected chi connectivity index (χ4v) is 3.29. The van der Waals surface area contributed by atoms with Gasteiger partial charge in [-0.3, -0.25) is 9.78 Å². The van der Waals surface area contributed by atoms with Gasteiger partial charge in [0, 0.05) is 30.3 Å². The Bertz CT molecular complexity index is 1150. The molecule has 2 aromatic heterocycles. The first-order chi connectivity index (χ1) is 13.7. The normalized spacial score (nSPS) is 10.8. The third-order valence-electron chi connectivity index (χ3n) is 4.54. The van der Waals surface area contributed by atoms with Crippen molar-refractivity contribution in [3.05, 3.63) is 84.4 Å². The molecule has 0 fully saturated rings. The Labute approximate surface area is 161 Å². The molecule has 2 aromatic carbocycles. The number of para-hydroxylation sites is 1. The van der Waals surface area contributed by atoms with Gasteiger partial charge in [0.15, 0.2) is 12.3 Å². The first-order valence-electron chi connectivity index (χ1n) is 8.76. The largest absolute Gasteiger partial charge is 0.453 e. The zero-order valence-electron chi connectivity index (χ0n) is 15.2. The summed E-state index contributed by atoms with van der Waals surface area (Å²) < 4.78 is 7.18. The van der Waals surface area contributed by atoms with Crippen LogP contribution in [-0.4, -0.2) is 32.9 Å². The maximum atomic E-state index is 13.1. The van der Waals surface area contributed by atoms with Gasteiger partial charge in [0.05, 0.1) is 17.5 Å². The van der Waals surface area contributed by atoms with Gasteiger partial charge in [0.2, 0.25) is 5.78 Å². The van der Waals surface area contributed by atoms with E-state index in [2.05, 4.69) is 9.97 Å². The molecule has 0 aliphatic rings. The van der Waals surface area contributed by atoms with Crippen LogP contribution in [0.25, 0.3) is 22.2 Å². The molecule has 138 valence electrons. The molecule has 4 rings (SSSR count). The summed E-state index contributed by atoms with van der Waals surface area (Å²) >= 11 is 0. The summed E-state index contributed by atoms with van der Waals surface area (Å²) in [7, 11) is 1.92. The van der Waals surface area contributed by atoms with Crippen molar-refractivity contribution in [1.29, 1.82) is 0 Å². The number of hydrogen-bond acceptors (Lipinski definition) is 5. The van der Waals surface area contributed by atoms with E-state index in [0.29, 0.717) is 5.56 Å². The minimum Gasteiger partial charge on any atom is -0.453 e. The number of aromatic nitrogens is 3. The van der Waals surface area contributed by atoms with E-state index in [4.69, 9.17) is 4.74 Å². The maximum Gasteiger partial charge on any atom is 0.358 e. The molecule has 0 amide bonds. The first kappa shape index (κ1) is 17.6. The molecule has 0 aliphatic heterocycles. The van der Waals surface area contributed by atoms with Crippen molar-refractivity contribution in [3.8, 4) is 11.3 Å². The summed E-state index contributed by atoms with van der Waals surface area (Å²) in [5, 5.41) is 0.824. The monoisotopic (exact) mass is 371 g/mol. The highest BCUT2D eigenvalue weighted by atomic mass is 16.5. The summed E-state index contributed by atoms with van der Waals surface area (Å²) in [5.74, 6) is -0.948. The third kappa shape index (κ3) is 3.16. The summed E-state index contributed by atoms with van der Waals surface area (Å²) in [6.45, 7) is -0.372. The van der Waals surface area contributed by atoms with Crippen LogP contribution in [0.3, 0.4) is 0 Å². The first-order valence-corrected chi connectivity index (χ1v) is 8.76. The predicted octanol–water partition coefficient (Wildman–Crippen LogP) is 3.68. The topological polar surface area (TPSA) is 74.1 Å². The van der Waals surface area contributed by atoms with Crippen LogP contribution in [0.15, 0.2) is 73.2 Å². The van der Waals surface area contributed by atoms with Gasteiger partial charge in [-0.1, -0.05) is 48.5 Å². The molecule has 0 bridgehead atoms. The van der Waals surface area contributed by atoms with Crippen molar-refractivity contribution in [3.63, 3.8) is 0 Å². The van der Waals surface area contributed by atoms with Crippen LogP contribution in [0.4, 0.5) is 0 Å². The number of aryl methyl sites for hydroxylation is 1. The molecule has 6 heteroatoms. The predicted molar refractivity (Wildman–Crippen MR) is 105 cm³/mol. The number of esters is 1. The third-order valence-corrected chi connectivity index (χ3v) is 4.54. The van der Waals surface area contributed by atoms with Gasteiger partial charge >= 0.3 is 5.97 Å². The molecular formula is C22H17N3O3. The second-order valence-electron chi connectivity index (χ2n) is 6.26. The molecule has 0 N–H and O–H groups in total. The molecule has 6 nitrogen and oxygen atoms in total. The summed E-state index contributed by atoms with van der Waals surface area (Å²) in [6, 6.07) is 17.4. The standard InChI is InChI=1S/C22H17N3O3/c1-25-18-10-6-5-9-16(18)20(21(25)15-7-3-2-4-8-15)19(26)14-28-22(27)17-13-23-11-12-24-17/h2-13H,14H2,1H3. The quantitative estimate of drug-likeness (QED) is 0.395. The average molecular weight is 371 g/mol. The Morgan fingerprint density at radius 3 is 2.50 bits per heavy atom. The Kier molecular flexibility index (Phi) is 4.68. The Hall–Kier alpha value is -3.80. The Balaban J connectivity index is 1.71. The van der Waals surface area contributed by atoms with Crippen molar-refractivity contribution in [2.45, 2.75) is 0 Å². The van der Waals surface area contributed by atoms with Crippen LogP contribution < -0.4 is 0 Å². The zero-order chi connectivity index (χ0) is 19.5. The lowest BCUT2D eigenvalue weighted by atomic mass is 10.0. The van der Waals surface area contributed by atoms with Gasteiger partial charge in [-0.25, -0.2) is 9.78 Å². The van der Waals surface area contributed by atoms with Crippen LogP contribution in [0.1, 0.15) is 20.8 Å². The van der Waals surface area contributed by atoms with Crippen LogP contribution >= 0.6 is 0 Å². The van der Waals surface area contributed by atoms with Crippen molar-refractivity contribution < 1.29 is 14.3 Å². The summed E-state index contributed by atoms with van der Waals surface area (Å²) in [5.41, 5.74) is 3.25. The molecule has 0 unspecified atom stereocenters. The lowest BCUT2D eigenvalue weighted by Crippen LogP contribution is -2.16. The fourth-order valence-electron chi connectivity index (χ4n) is 3.29. The second-order valence-corrected chi connectivity index (χ2v) is 6.26. The van der Waals surface area contributed by atoms with E-state index in [1.165, 1.54) is 18.6 Å². The van der Waals surface area contributed by atoms with E-state index in [1.807, 2.05) is 66.2 Å². The van der Waals surface area contributed by atoms with E-state index in [0.717, 1.165) is 22.2 Å². The molecule has 28 heavy (non-hydrogen) atoms. The number of benzene rings is 2. The number of ketones is 1. The smallest absolute Gasteiger partial charge is 0.358 e. The van der Waals surface area contributed by atoms with E-state index < -0.39 is 5.97 Å².